The number of ketones is 1. The highest BCUT2D eigenvalue weighted by Crippen LogP contribution is 2.07. The van der Waals surface area contributed by atoms with E-state index < -0.39 is 21.8 Å². The Kier molecular flexibility index (Phi) is 7.28. The van der Waals surface area contributed by atoms with Crippen molar-refractivity contribution in [1.29, 1.82) is 0 Å². The van der Waals surface area contributed by atoms with E-state index in [1.807, 2.05) is 0 Å². The maximum Gasteiger partial charge on any atom is 0.304 e. The predicted molar refractivity (Wildman–Crippen MR) is 70.9 cm³/mol. The first-order valence-corrected chi connectivity index (χ1v) is 6.44. The Labute approximate surface area is 113 Å². The molecule has 17 heavy (non-hydrogen) atoms. The second-order valence-corrected chi connectivity index (χ2v) is 5.42. The summed E-state index contributed by atoms with van der Waals surface area (Å²) in [5, 5.41) is 11.0. The number of carboxylic acids is 1. The molecule has 6 nitrogen and oxygen atoms in total. The number of nitrogens with two attached hydrogens (primary N) is 1. The minimum atomic E-state index is -1.06. The number of carbonyl (C=O) groups excluding carboxylic acids is 2. The number of nitrogens with one attached hydrogen (secondary N) is 1. The summed E-state index contributed by atoms with van der Waals surface area (Å²) in [5.41, 5.74) is 5.41. The van der Waals surface area contributed by atoms with E-state index in [2.05, 4.69) is 5.32 Å². The second kappa shape index (κ2) is 7.59. The van der Waals surface area contributed by atoms with Gasteiger partial charge >= 0.3 is 5.97 Å². The number of aliphatic carboxylic acids is 1. The number of amides is 1. The molecule has 0 saturated heterocycles. The van der Waals surface area contributed by atoms with Crippen LogP contribution in [-0.4, -0.2) is 39.3 Å². The fourth-order valence-corrected chi connectivity index (χ4v) is 1.71. The summed E-state index contributed by atoms with van der Waals surface area (Å²) in [7, 11) is 0. The summed E-state index contributed by atoms with van der Waals surface area (Å²) in [6.07, 6.45) is -0.278. The average molecular weight is 356 g/mol. The van der Waals surface area contributed by atoms with Crippen molar-refractivity contribution in [3.8, 4) is 0 Å². The summed E-state index contributed by atoms with van der Waals surface area (Å²) in [6, 6.07) is -0.742. The number of carbonyl (C=O) groups is 3. The molecule has 0 aromatic carbocycles. The van der Waals surface area contributed by atoms with Crippen LogP contribution in [-0.2, 0) is 14.4 Å². The van der Waals surface area contributed by atoms with Gasteiger partial charge in [-0.1, -0.05) is 36.4 Å². The van der Waals surface area contributed by atoms with E-state index in [0.29, 0.717) is 0 Å². The smallest absolute Gasteiger partial charge is 0.304 e. The van der Waals surface area contributed by atoms with Crippen molar-refractivity contribution in [2.24, 2.45) is 11.7 Å². The molecule has 0 aromatic rings. The van der Waals surface area contributed by atoms with Crippen LogP contribution in [0.4, 0.5) is 0 Å². The summed E-state index contributed by atoms with van der Waals surface area (Å²) < 4.78 is -0.709. The molecule has 0 saturated carbocycles. The van der Waals surface area contributed by atoms with Gasteiger partial charge in [0.1, 0.15) is 3.92 Å². The van der Waals surface area contributed by atoms with Crippen LogP contribution in [0.5, 0.6) is 0 Å². The summed E-state index contributed by atoms with van der Waals surface area (Å²) in [4.78, 5) is 33.7. The number of alkyl halides is 1. The number of rotatable bonds is 7. The molecular formula is C10H17IN2O4. The number of hydrogen-bond acceptors (Lipinski definition) is 4. The third-order valence-corrected chi connectivity index (χ3v) is 3.11. The van der Waals surface area contributed by atoms with Crippen molar-refractivity contribution in [3.63, 3.8) is 0 Å². The molecule has 7 heteroatoms. The normalized spacial score (nSPS) is 14.2. The van der Waals surface area contributed by atoms with Crippen LogP contribution in [0.15, 0.2) is 0 Å². The van der Waals surface area contributed by atoms with Gasteiger partial charge in [0.05, 0.1) is 12.5 Å². The van der Waals surface area contributed by atoms with Crippen molar-refractivity contribution in [1.82, 2.24) is 5.32 Å². The Morgan fingerprint density at radius 2 is 1.88 bits per heavy atom. The van der Waals surface area contributed by atoms with E-state index in [9.17, 15) is 14.4 Å². The van der Waals surface area contributed by atoms with E-state index in [0.717, 1.165) is 0 Å². The van der Waals surface area contributed by atoms with Crippen LogP contribution in [0.25, 0.3) is 0 Å². The van der Waals surface area contributed by atoms with Gasteiger partial charge in [-0.3, -0.25) is 14.4 Å². The molecule has 0 heterocycles. The van der Waals surface area contributed by atoms with Gasteiger partial charge < -0.3 is 16.2 Å². The van der Waals surface area contributed by atoms with E-state index in [1.165, 1.54) is 0 Å². The molecule has 0 aromatic heterocycles. The summed E-state index contributed by atoms with van der Waals surface area (Å²) in [5.74, 6) is -1.91. The maximum absolute atomic E-state index is 11.6. The van der Waals surface area contributed by atoms with Gasteiger partial charge in [-0.2, -0.15) is 0 Å². The number of carboxylic acid groups (broad SMARTS) is 1. The lowest BCUT2D eigenvalue weighted by Crippen LogP contribution is -2.49. The van der Waals surface area contributed by atoms with Crippen molar-refractivity contribution in [2.75, 3.05) is 6.54 Å². The highest BCUT2D eigenvalue weighted by Gasteiger charge is 2.25. The highest BCUT2D eigenvalue weighted by atomic mass is 127. The average Bonchev–Trinajstić information content (AvgIpc) is 2.23. The van der Waals surface area contributed by atoms with E-state index in [-0.39, 0.29) is 24.7 Å². The lowest BCUT2D eigenvalue weighted by molar-refractivity contribution is -0.138. The van der Waals surface area contributed by atoms with Gasteiger partial charge in [-0.15, -0.1) is 0 Å². The monoisotopic (exact) mass is 356 g/mol. The summed E-state index contributed by atoms with van der Waals surface area (Å²) in [6.45, 7) is 3.45. The molecule has 4 N–H and O–H groups in total. The zero-order chi connectivity index (χ0) is 13.6. The van der Waals surface area contributed by atoms with Gasteiger partial charge in [-0.25, -0.2) is 0 Å². The minimum Gasteiger partial charge on any atom is -0.481 e. The van der Waals surface area contributed by atoms with Crippen molar-refractivity contribution < 1.29 is 19.5 Å². The molecule has 0 aliphatic heterocycles. The van der Waals surface area contributed by atoms with Crippen molar-refractivity contribution >= 4 is 40.3 Å². The van der Waals surface area contributed by atoms with E-state index in [1.54, 1.807) is 36.4 Å². The third-order valence-electron chi connectivity index (χ3n) is 2.10. The molecule has 0 radical (unpaired) electrons. The topological polar surface area (TPSA) is 109 Å². The molecule has 0 aliphatic rings. The Balaban J connectivity index is 4.43. The van der Waals surface area contributed by atoms with Crippen molar-refractivity contribution in [2.45, 2.75) is 30.2 Å². The fourth-order valence-electron chi connectivity index (χ4n) is 1.16. The SMILES string of the molecule is CC(C)C(=O)[C@@H](CN)NC(=O)C(I)CC(=O)O. The first kappa shape index (κ1) is 16.3. The molecule has 1 amide bonds. The zero-order valence-electron chi connectivity index (χ0n) is 9.77. The molecule has 98 valence electrons. The van der Waals surface area contributed by atoms with Crippen LogP contribution in [0, 0.1) is 5.92 Å². The molecule has 0 aliphatic carbocycles. The van der Waals surface area contributed by atoms with Gasteiger partial charge in [-0.05, 0) is 0 Å². The molecule has 0 rings (SSSR count). The molecule has 2 atom stereocenters. The third kappa shape index (κ3) is 5.97. The molecule has 0 spiro atoms. The molecular weight excluding hydrogens is 339 g/mol. The lowest BCUT2D eigenvalue weighted by atomic mass is 10.0. The zero-order valence-corrected chi connectivity index (χ0v) is 11.9. The van der Waals surface area contributed by atoms with Crippen LogP contribution in [0.1, 0.15) is 20.3 Å². The first-order valence-electron chi connectivity index (χ1n) is 5.19. The Hall–Kier alpha value is -0.700. The Morgan fingerprint density at radius 3 is 2.24 bits per heavy atom. The Morgan fingerprint density at radius 1 is 1.35 bits per heavy atom. The quantitative estimate of drug-likeness (QED) is 0.437. The van der Waals surface area contributed by atoms with Gasteiger partial charge in [0.25, 0.3) is 0 Å². The summed E-state index contributed by atoms with van der Waals surface area (Å²) >= 11 is 1.73. The lowest BCUT2D eigenvalue weighted by Gasteiger charge is -2.19. The van der Waals surface area contributed by atoms with Crippen molar-refractivity contribution in [3.05, 3.63) is 0 Å². The minimum absolute atomic E-state index is 0.0131. The maximum atomic E-state index is 11.6. The highest BCUT2D eigenvalue weighted by molar-refractivity contribution is 14.1. The van der Waals surface area contributed by atoms with E-state index >= 15 is 0 Å². The predicted octanol–water partition coefficient (Wildman–Crippen LogP) is -0.0667. The fraction of sp³-hybridized carbons (Fsp3) is 0.700. The van der Waals surface area contributed by atoms with Gasteiger partial charge in [0.2, 0.25) is 5.91 Å². The largest absolute Gasteiger partial charge is 0.481 e. The van der Waals surface area contributed by atoms with Gasteiger partial charge in [0, 0.05) is 12.5 Å². The number of hydrogen-bond donors (Lipinski definition) is 3. The first-order chi connectivity index (χ1) is 7.79. The van der Waals surface area contributed by atoms with E-state index in [4.69, 9.17) is 10.8 Å². The molecule has 0 bridgehead atoms. The van der Waals surface area contributed by atoms with Crippen LogP contribution >= 0.6 is 22.6 Å². The number of halogens is 1. The van der Waals surface area contributed by atoms with Crippen LogP contribution in [0.3, 0.4) is 0 Å². The van der Waals surface area contributed by atoms with Crippen LogP contribution < -0.4 is 11.1 Å². The Bertz CT molecular complexity index is 307. The van der Waals surface area contributed by atoms with Gasteiger partial charge in [0.15, 0.2) is 5.78 Å². The standard InChI is InChI=1S/C10H17IN2O4/c1-5(2)9(16)7(4-12)13-10(17)6(11)3-8(14)15/h5-7H,3-4,12H2,1-2H3,(H,13,17)(H,14,15)/t6?,7-/m1/s1. The molecule has 1 unspecified atom stereocenters. The second-order valence-electron chi connectivity index (χ2n) is 3.92. The van der Waals surface area contributed by atoms with Crippen LogP contribution in [0.2, 0.25) is 0 Å². The molecule has 0 fully saturated rings. The number of Topliss-reactive ketones (excluding diaryl/α,β-unsaturated/α-hetero) is 1.